The standard InChI is InChI=1S/C13H17N5OS/c1-10-9-20-13(15-10)18-7-5-17(6-8-18)12-14-4-3-11(16-12)19-2/h3-4,9H,5-8H2,1-2H3. The van der Waals surface area contributed by atoms with Crippen molar-refractivity contribution in [3.05, 3.63) is 23.3 Å². The van der Waals surface area contributed by atoms with Crippen LogP contribution in [0.2, 0.25) is 0 Å². The van der Waals surface area contributed by atoms with Crippen molar-refractivity contribution in [1.82, 2.24) is 15.0 Å². The molecule has 0 amide bonds. The van der Waals surface area contributed by atoms with E-state index in [1.54, 1.807) is 30.7 Å². The molecule has 0 N–H and O–H groups in total. The van der Waals surface area contributed by atoms with Crippen molar-refractivity contribution in [3.8, 4) is 5.88 Å². The maximum absolute atomic E-state index is 5.14. The fourth-order valence-electron chi connectivity index (χ4n) is 2.18. The minimum absolute atomic E-state index is 0.605. The van der Waals surface area contributed by atoms with Gasteiger partial charge in [0.25, 0.3) is 0 Å². The SMILES string of the molecule is COc1ccnc(N2CCN(c3nc(C)cs3)CC2)n1. The van der Waals surface area contributed by atoms with Crippen LogP contribution in [-0.4, -0.2) is 48.2 Å². The van der Waals surface area contributed by atoms with E-state index in [0.717, 1.165) is 43.0 Å². The summed E-state index contributed by atoms with van der Waals surface area (Å²) in [7, 11) is 1.62. The van der Waals surface area contributed by atoms with Crippen molar-refractivity contribution in [2.75, 3.05) is 43.1 Å². The van der Waals surface area contributed by atoms with E-state index in [2.05, 4.69) is 30.1 Å². The highest BCUT2D eigenvalue weighted by molar-refractivity contribution is 7.13. The van der Waals surface area contributed by atoms with Gasteiger partial charge in [0.2, 0.25) is 11.8 Å². The van der Waals surface area contributed by atoms with Crippen LogP contribution in [0.15, 0.2) is 17.6 Å². The average molecular weight is 291 g/mol. The molecule has 0 spiro atoms. The number of piperazine rings is 1. The Balaban J connectivity index is 1.66. The molecule has 7 heteroatoms. The lowest BCUT2D eigenvalue weighted by atomic mass is 10.3. The van der Waals surface area contributed by atoms with Gasteiger partial charge >= 0.3 is 0 Å². The summed E-state index contributed by atoms with van der Waals surface area (Å²) in [6.45, 7) is 5.69. The maximum Gasteiger partial charge on any atom is 0.228 e. The lowest BCUT2D eigenvalue weighted by Gasteiger charge is -2.34. The number of hydrogen-bond donors (Lipinski definition) is 0. The molecule has 0 saturated carbocycles. The molecular weight excluding hydrogens is 274 g/mol. The number of ether oxygens (including phenoxy) is 1. The number of aromatic nitrogens is 3. The van der Waals surface area contributed by atoms with E-state index in [0.29, 0.717) is 5.88 Å². The Morgan fingerprint density at radius 2 is 1.90 bits per heavy atom. The fourth-order valence-corrected chi connectivity index (χ4v) is 3.04. The predicted molar refractivity (Wildman–Crippen MR) is 79.9 cm³/mol. The zero-order valence-electron chi connectivity index (χ0n) is 11.6. The molecule has 0 aromatic carbocycles. The van der Waals surface area contributed by atoms with Crippen LogP contribution in [0.4, 0.5) is 11.1 Å². The van der Waals surface area contributed by atoms with Crippen LogP contribution in [0.5, 0.6) is 5.88 Å². The number of hydrogen-bond acceptors (Lipinski definition) is 7. The Kier molecular flexibility index (Phi) is 3.68. The highest BCUT2D eigenvalue weighted by atomic mass is 32.1. The Morgan fingerprint density at radius 1 is 1.15 bits per heavy atom. The number of methoxy groups -OCH3 is 1. The van der Waals surface area contributed by atoms with Gasteiger partial charge in [-0.25, -0.2) is 9.97 Å². The molecule has 0 atom stereocenters. The van der Waals surface area contributed by atoms with E-state index in [4.69, 9.17) is 4.74 Å². The first-order valence-electron chi connectivity index (χ1n) is 6.55. The first kappa shape index (κ1) is 13.1. The van der Waals surface area contributed by atoms with Gasteiger partial charge in [-0.1, -0.05) is 0 Å². The highest BCUT2D eigenvalue weighted by Gasteiger charge is 2.21. The normalized spacial score (nSPS) is 15.5. The van der Waals surface area contributed by atoms with Gasteiger partial charge in [-0.15, -0.1) is 11.3 Å². The molecule has 0 radical (unpaired) electrons. The first-order chi connectivity index (χ1) is 9.76. The van der Waals surface area contributed by atoms with Crippen LogP contribution in [0.25, 0.3) is 0 Å². The summed E-state index contributed by atoms with van der Waals surface area (Å²) in [6.07, 6.45) is 1.73. The van der Waals surface area contributed by atoms with Crippen molar-refractivity contribution in [3.63, 3.8) is 0 Å². The average Bonchev–Trinajstić information content (AvgIpc) is 2.94. The predicted octanol–water partition coefficient (Wildman–Crippen LogP) is 1.58. The lowest BCUT2D eigenvalue weighted by molar-refractivity contribution is 0.396. The van der Waals surface area contributed by atoms with Crippen molar-refractivity contribution >= 4 is 22.4 Å². The van der Waals surface area contributed by atoms with E-state index in [1.165, 1.54) is 0 Å². The summed E-state index contributed by atoms with van der Waals surface area (Å²) >= 11 is 1.70. The molecule has 1 aliphatic heterocycles. The molecule has 3 rings (SSSR count). The van der Waals surface area contributed by atoms with E-state index >= 15 is 0 Å². The molecule has 1 aliphatic rings. The van der Waals surface area contributed by atoms with Gasteiger partial charge in [0.15, 0.2) is 5.13 Å². The Morgan fingerprint density at radius 3 is 2.55 bits per heavy atom. The fraction of sp³-hybridized carbons (Fsp3) is 0.462. The molecule has 2 aromatic heterocycles. The second-order valence-corrected chi connectivity index (χ2v) is 5.48. The van der Waals surface area contributed by atoms with Crippen LogP contribution in [0.1, 0.15) is 5.69 Å². The largest absolute Gasteiger partial charge is 0.481 e. The summed E-state index contributed by atoms with van der Waals surface area (Å²) in [6, 6.07) is 1.76. The van der Waals surface area contributed by atoms with Gasteiger partial charge < -0.3 is 14.5 Å². The van der Waals surface area contributed by atoms with Crippen LogP contribution >= 0.6 is 11.3 Å². The van der Waals surface area contributed by atoms with Crippen LogP contribution in [0, 0.1) is 6.92 Å². The van der Waals surface area contributed by atoms with Crippen molar-refractivity contribution in [2.24, 2.45) is 0 Å². The van der Waals surface area contributed by atoms with E-state index in [9.17, 15) is 0 Å². The van der Waals surface area contributed by atoms with E-state index in [-0.39, 0.29) is 0 Å². The Hall–Kier alpha value is -1.89. The zero-order chi connectivity index (χ0) is 13.9. The monoisotopic (exact) mass is 291 g/mol. The summed E-state index contributed by atoms with van der Waals surface area (Å²) in [5.74, 6) is 1.34. The van der Waals surface area contributed by atoms with Gasteiger partial charge in [-0.2, -0.15) is 4.98 Å². The second-order valence-electron chi connectivity index (χ2n) is 4.64. The molecule has 106 valence electrons. The topological polar surface area (TPSA) is 54.4 Å². The molecule has 0 aliphatic carbocycles. The summed E-state index contributed by atoms with van der Waals surface area (Å²) in [5, 5.41) is 3.20. The molecular formula is C13H17N5OS. The summed E-state index contributed by atoms with van der Waals surface area (Å²) in [4.78, 5) is 17.7. The number of aryl methyl sites for hydroxylation is 1. The van der Waals surface area contributed by atoms with Crippen molar-refractivity contribution in [2.45, 2.75) is 6.92 Å². The Labute approximate surface area is 122 Å². The van der Waals surface area contributed by atoms with E-state index in [1.807, 2.05) is 6.92 Å². The minimum atomic E-state index is 0.605. The van der Waals surface area contributed by atoms with Gasteiger partial charge in [0.1, 0.15) is 0 Å². The number of nitrogens with zero attached hydrogens (tertiary/aromatic N) is 5. The quantitative estimate of drug-likeness (QED) is 0.856. The molecule has 0 unspecified atom stereocenters. The molecule has 20 heavy (non-hydrogen) atoms. The molecule has 2 aromatic rings. The summed E-state index contributed by atoms with van der Waals surface area (Å²) < 4.78 is 5.14. The highest BCUT2D eigenvalue weighted by Crippen LogP contribution is 2.22. The van der Waals surface area contributed by atoms with Gasteiger partial charge in [-0.3, -0.25) is 0 Å². The van der Waals surface area contributed by atoms with Crippen LogP contribution in [0.3, 0.4) is 0 Å². The molecule has 6 nitrogen and oxygen atoms in total. The van der Waals surface area contributed by atoms with Crippen LogP contribution < -0.4 is 14.5 Å². The molecule has 3 heterocycles. The maximum atomic E-state index is 5.14. The van der Waals surface area contributed by atoms with Gasteiger partial charge in [-0.05, 0) is 6.92 Å². The second kappa shape index (κ2) is 5.62. The third kappa shape index (κ3) is 2.67. The lowest BCUT2D eigenvalue weighted by Crippen LogP contribution is -2.47. The Bertz CT molecular complexity index is 580. The van der Waals surface area contributed by atoms with Gasteiger partial charge in [0.05, 0.1) is 12.8 Å². The molecule has 0 bridgehead atoms. The first-order valence-corrected chi connectivity index (χ1v) is 7.43. The zero-order valence-corrected chi connectivity index (χ0v) is 12.4. The number of anilines is 2. The van der Waals surface area contributed by atoms with E-state index < -0.39 is 0 Å². The van der Waals surface area contributed by atoms with Crippen molar-refractivity contribution < 1.29 is 4.74 Å². The molecule has 1 saturated heterocycles. The third-order valence-corrected chi connectivity index (χ3v) is 4.29. The minimum Gasteiger partial charge on any atom is -0.481 e. The summed E-state index contributed by atoms with van der Waals surface area (Å²) in [5.41, 5.74) is 1.09. The number of rotatable bonds is 3. The van der Waals surface area contributed by atoms with Crippen LogP contribution in [-0.2, 0) is 0 Å². The van der Waals surface area contributed by atoms with Crippen molar-refractivity contribution in [1.29, 1.82) is 0 Å². The smallest absolute Gasteiger partial charge is 0.228 e. The number of thiazole rings is 1. The molecule has 1 fully saturated rings. The van der Waals surface area contributed by atoms with Gasteiger partial charge in [0, 0.05) is 43.8 Å². The third-order valence-electron chi connectivity index (χ3n) is 3.27.